The molecule has 1 aromatic heterocycles. The molecule has 25 heavy (non-hydrogen) atoms. The summed E-state index contributed by atoms with van der Waals surface area (Å²) in [5, 5.41) is 4.50. The third-order valence-electron chi connectivity index (χ3n) is 6.35. The van der Waals surface area contributed by atoms with E-state index in [4.69, 9.17) is 0 Å². The number of piperidine rings is 2. The van der Waals surface area contributed by atoms with E-state index in [0.717, 1.165) is 13.1 Å². The summed E-state index contributed by atoms with van der Waals surface area (Å²) in [6.07, 6.45) is 5.58. The third kappa shape index (κ3) is 4.33. The van der Waals surface area contributed by atoms with Gasteiger partial charge >= 0.3 is 0 Å². The van der Waals surface area contributed by atoms with Crippen molar-refractivity contribution in [1.29, 1.82) is 0 Å². The Morgan fingerprint density at radius 2 is 1.36 bits per heavy atom. The first-order valence-electron chi connectivity index (χ1n) is 9.72. The van der Waals surface area contributed by atoms with E-state index in [2.05, 4.69) is 57.8 Å². The summed E-state index contributed by atoms with van der Waals surface area (Å²) < 4.78 is 0. The summed E-state index contributed by atoms with van der Waals surface area (Å²) in [5.41, 5.74) is 4.95. The number of nitrogens with zero attached hydrogens (tertiary/aromatic N) is 2. The lowest BCUT2D eigenvalue weighted by Crippen LogP contribution is -2.46. The summed E-state index contributed by atoms with van der Waals surface area (Å²) in [5.74, 6) is 0. The fourth-order valence-corrected chi connectivity index (χ4v) is 5.12. The van der Waals surface area contributed by atoms with Crippen LogP contribution in [0, 0.1) is 12.3 Å². The Kier molecular flexibility index (Phi) is 5.25. The average Bonchev–Trinajstić information content (AvgIpc) is 3.14. The number of likely N-dealkylation sites (tertiary alicyclic amines) is 2. The number of aryl methyl sites for hydroxylation is 1. The van der Waals surface area contributed by atoms with E-state index in [1.807, 2.05) is 11.3 Å². The normalized spacial score (nSPS) is 21.6. The number of hydrogen-bond acceptors (Lipinski definition) is 3. The predicted molar refractivity (Wildman–Crippen MR) is 107 cm³/mol. The second kappa shape index (κ2) is 7.61. The van der Waals surface area contributed by atoms with Crippen LogP contribution >= 0.6 is 11.3 Å². The van der Waals surface area contributed by atoms with Gasteiger partial charge in [-0.15, -0.1) is 0 Å². The van der Waals surface area contributed by atoms with Gasteiger partial charge in [-0.05, 0) is 92.2 Å². The molecule has 2 nitrogen and oxygen atoms in total. The molecule has 4 rings (SSSR count). The van der Waals surface area contributed by atoms with Gasteiger partial charge in [0.25, 0.3) is 0 Å². The molecular weight excluding hydrogens is 324 g/mol. The molecule has 0 atom stereocenters. The van der Waals surface area contributed by atoms with Crippen molar-refractivity contribution in [2.24, 2.45) is 5.41 Å². The molecule has 2 saturated heterocycles. The highest BCUT2D eigenvalue weighted by Crippen LogP contribution is 2.41. The molecule has 2 aliphatic heterocycles. The fourth-order valence-electron chi connectivity index (χ4n) is 4.46. The molecule has 3 heterocycles. The Hall–Kier alpha value is -1.16. The van der Waals surface area contributed by atoms with Gasteiger partial charge < -0.3 is 0 Å². The standard InChI is InChI=1S/C22H30N2S/c1-19-2-4-20(5-3-19)16-23-11-7-22(8-12-23)9-13-24(14-10-22)17-21-6-15-25-18-21/h2-6,15,18H,7-14,16-17H2,1H3. The van der Waals surface area contributed by atoms with Gasteiger partial charge in [-0.1, -0.05) is 29.8 Å². The molecule has 0 N–H and O–H groups in total. The van der Waals surface area contributed by atoms with Crippen molar-refractivity contribution in [3.8, 4) is 0 Å². The molecule has 2 fully saturated rings. The third-order valence-corrected chi connectivity index (χ3v) is 7.08. The smallest absolute Gasteiger partial charge is 0.0241 e. The maximum atomic E-state index is 2.66. The Morgan fingerprint density at radius 1 is 0.800 bits per heavy atom. The Labute approximate surface area is 156 Å². The number of rotatable bonds is 4. The van der Waals surface area contributed by atoms with Gasteiger partial charge in [0, 0.05) is 13.1 Å². The second-order valence-corrected chi connectivity index (χ2v) is 8.95. The van der Waals surface area contributed by atoms with Crippen LogP contribution in [0.4, 0.5) is 0 Å². The Morgan fingerprint density at radius 3 is 1.88 bits per heavy atom. The molecule has 0 unspecified atom stereocenters. The highest BCUT2D eigenvalue weighted by Gasteiger charge is 2.37. The van der Waals surface area contributed by atoms with E-state index in [9.17, 15) is 0 Å². The molecule has 0 saturated carbocycles. The topological polar surface area (TPSA) is 6.48 Å². The van der Waals surface area contributed by atoms with E-state index in [1.165, 1.54) is 68.6 Å². The maximum Gasteiger partial charge on any atom is 0.0241 e. The van der Waals surface area contributed by atoms with Gasteiger partial charge in [0.2, 0.25) is 0 Å². The van der Waals surface area contributed by atoms with E-state index in [-0.39, 0.29) is 0 Å². The molecule has 0 amide bonds. The number of hydrogen-bond donors (Lipinski definition) is 0. The molecule has 1 aromatic carbocycles. The Balaban J connectivity index is 1.25. The average molecular weight is 355 g/mol. The van der Waals surface area contributed by atoms with E-state index in [0.29, 0.717) is 5.41 Å². The highest BCUT2D eigenvalue weighted by atomic mass is 32.1. The van der Waals surface area contributed by atoms with Crippen LogP contribution in [-0.2, 0) is 13.1 Å². The quantitative estimate of drug-likeness (QED) is 0.768. The van der Waals surface area contributed by atoms with E-state index >= 15 is 0 Å². The zero-order valence-corrected chi connectivity index (χ0v) is 16.2. The van der Waals surface area contributed by atoms with Crippen LogP contribution in [-0.4, -0.2) is 36.0 Å². The van der Waals surface area contributed by atoms with Gasteiger partial charge in [0.1, 0.15) is 0 Å². The van der Waals surface area contributed by atoms with Crippen molar-refractivity contribution < 1.29 is 0 Å². The van der Waals surface area contributed by atoms with Crippen molar-refractivity contribution in [3.05, 3.63) is 57.8 Å². The number of thiophene rings is 1. The van der Waals surface area contributed by atoms with Gasteiger partial charge in [-0.3, -0.25) is 9.80 Å². The lowest BCUT2D eigenvalue weighted by Gasteiger charge is -2.47. The first-order chi connectivity index (χ1) is 12.2. The van der Waals surface area contributed by atoms with Gasteiger partial charge in [0.05, 0.1) is 0 Å². The second-order valence-electron chi connectivity index (χ2n) is 8.17. The van der Waals surface area contributed by atoms with Crippen LogP contribution in [0.5, 0.6) is 0 Å². The minimum absolute atomic E-state index is 0.634. The minimum Gasteiger partial charge on any atom is -0.299 e. The Bertz CT molecular complexity index is 644. The first kappa shape index (κ1) is 17.3. The van der Waals surface area contributed by atoms with E-state index in [1.54, 1.807) is 0 Å². The molecule has 2 aromatic rings. The predicted octanol–water partition coefficient (Wildman–Crippen LogP) is 4.93. The van der Waals surface area contributed by atoms with Gasteiger partial charge in [0.15, 0.2) is 0 Å². The monoisotopic (exact) mass is 354 g/mol. The summed E-state index contributed by atoms with van der Waals surface area (Å²) in [7, 11) is 0. The molecule has 3 heteroatoms. The van der Waals surface area contributed by atoms with E-state index < -0.39 is 0 Å². The minimum atomic E-state index is 0.634. The van der Waals surface area contributed by atoms with Crippen molar-refractivity contribution >= 4 is 11.3 Å². The summed E-state index contributed by atoms with van der Waals surface area (Å²) in [4.78, 5) is 5.32. The fraction of sp³-hybridized carbons (Fsp3) is 0.545. The molecule has 134 valence electrons. The van der Waals surface area contributed by atoms with Crippen molar-refractivity contribution in [2.45, 2.75) is 45.7 Å². The molecular formula is C22H30N2S. The molecule has 0 radical (unpaired) electrons. The van der Waals surface area contributed by atoms with Crippen LogP contribution in [0.1, 0.15) is 42.4 Å². The highest BCUT2D eigenvalue weighted by molar-refractivity contribution is 7.07. The first-order valence-corrected chi connectivity index (χ1v) is 10.7. The summed E-state index contributed by atoms with van der Waals surface area (Å²) >= 11 is 1.82. The zero-order chi connectivity index (χ0) is 17.1. The maximum absolute atomic E-state index is 2.66. The van der Waals surface area contributed by atoms with Crippen LogP contribution in [0.2, 0.25) is 0 Å². The van der Waals surface area contributed by atoms with Crippen LogP contribution in [0.15, 0.2) is 41.1 Å². The van der Waals surface area contributed by atoms with Crippen molar-refractivity contribution in [3.63, 3.8) is 0 Å². The largest absolute Gasteiger partial charge is 0.299 e. The summed E-state index contributed by atoms with van der Waals surface area (Å²) in [6, 6.07) is 11.3. The molecule has 2 aliphatic rings. The van der Waals surface area contributed by atoms with Crippen molar-refractivity contribution in [2.75, 3.05) is 26.2 Å². The molecule has 0 bridgehead atoms. The summed E-state index contributed by atoms with van der Waals surface area (Å²) in [6.45, 7) is 9.57. The van der Waals surface area contributed by atoms with Gasteiger partial charge in [-0.2, -0.15) is 11.3 Å². The molecule has 1 spiro atoms. The van der Waals surface area contributed by atoms with Crippen LogP contribution in [0.3, 0.4) is 0 Å². The lowest BCUT2D eigenvalue weighted by molar-refractivity contribution is 0.0300. The zero-order valence-electron chi connectivity index (χ0n) is 15.4. The van der Waals surface area contributed by atoms with Crippen molar-refractivity contribution in [1.82, 2.24) is 9.80 Å². The SMILES string of the molecule is Cc1ccc(CN2CCC3(CC2)CCN(Cc2ccsc2)CC3)cc1. The van der Waals surface area contributed by atoms with Crippen LogP contribution in [0.25, 0.3) is 0 Å². The molecule has 0 aliphatic carbocycles. The van der Waals surface area contributed by atoms with Crippen LogP contribution < -0.4 is 0 Å². The number of benzene rings is 1. The lowest BCUT2D eigenvalue weighted by atomic mass is 9.71. The van der Waals surface area contributed by atoms with Gasteiger partial charge in [-0.25, -0.2) is 0 Å².